The number of rotatable bonds is 9. The van der Waals surface area contributed by atoms with E-state index in [1.807, 2.05) is 30.4 Å². The summed E-state index contributed by atoms with van der Waals surface area (Å²) in [5.41, 5.74) is 1.18. The van der Waals surface area contributed by atoms with Gasteiger partial charge in [0.1, 0.15) is 0 Å². The van der Waals surface area contributed by atoms with Crippen LogP contribution in [0.2, 0.25) is 0 Å². The first-order valence-corrected chi connectivity index (χ1v) is 6.62. The number of benzene rings is 1. The highest BCUT2D eigenvalue weighted by molar-refractivity contribution is 5.13. The summed E-state index contributed by atoms with van der Waals surface area (Å²) in [4.78, 5) is 0. The quantitative estimate of drug-likeness (QED) is 0.628. The van der Waals surface area contributed by atoms with Gasteiger partial charge in [0.05, 0.1) is 19.3 Å². The van der Waals surface area contributed by atoms with E-state index < -0.39 is 0 Å². The van der Waals surface area contributed by atoms with Gasteiger partial charge < -0.3 is 9.47 Å². The van der Waals surface area contributed by atoms with Crippen molar-refractivity contribution in [3.05, 3.63) is 61.2 Å². The summed E-state index contributed by atoms with van der Waals surface area (Å²) in [6.07, 6.45) is 3.76. The zero-order valence-electron chi connectivity index (χ0n) is 11.9. The summed E-state index contributed by atoms with van der Waals surface area (Å²) in [5.74, 6) is 0.558. The van der Waals surface area contributed by atoms with Gasteiger partial charge in [-0.1, -0.05) is 49.4 Å². The number of allylic oxidation sites excluding steroid dienone is 1. The molecule has 0 unspecified atom stereocenters. The molecule has 1 aromatic rings. The van der Waals surface area contributed by atoms with Gasteiger partial charge >= 0.3 is 0 Å². The predicted octanol–water partition coefficient (Wildman–Crippen LogP) is 3.84. The van der Waals surface area contributed by atoms with Crippen molar-refractivity contribution in [2.45, 2.75) is 19.6 Å². The van der Waals surface area contributed by atoms with E-state index in [1.54, 1.807) is 7.11 Å². The van der Waals surface area contributed by atoms with Crippen molar-refractivity contribution in [2.24, 2.45) is 11.8 Å². The second kappa shape index (κ2) is 8.68. The summed E-state index contributed by atoms with van der Waals surface area (Å²) in [7, 11) is 1.70. The lowest BCUT2D eigenvalue weighted by Gasteiger charge is -2.27. The van der Waals surface area contributed by atoms with Crippen LogP contribution in [0, 0.1) is 11.8 Å². The zero-order chi connectivity index (χ0) is 14.1. The fraction of sp³-hybridized carbons (Fsp3) is 0.412. The molecule has 3 atom stereocenters. The maximum absolute atomic E-state index is 5.81. The SMILES string of the molecule is C=C[C@@H](C)[C@H](COCc1ccccc1)[C@@H](C=C)OC. The molecule has 0 spiro atoms. The molecule has 0 aromatic heterocycles. The Morgan fingerprint density at radius 2 is 1.84 bits per heavy atom. The van der Waals surface area contributed by atoms with Crippen molar-refractivity contribution >= 4 is 0 Å². The molecule has 0 radical (unpaired) electrons. The highest BCUT2D eigenvalue weighted by atomic mass is 16.5. The van der Waals surface area contributed by atoms with Crippen LogP contribution in [-0.4, -0.2) is 19.8 Å². The van der Waals surface area contributed by atoms with Crippen LogP contribution in [-0.2, 0) is 16.1 Å². The van der Waals surface area contributed by atoms with Crippen LogP contribution >= 0.6 is 0 Å². The molecule has 1 rings (SSSR count). The number of hydrogen-bond donors (Lipinski definition) is 0. The normalized spacial score (nSPS) is 15.5. The molecule has 0 heterocycles. The van der Waals surface area contributed by atoms with Gasteiger partial charge in [0.25, 0.3) is 0 Å². The van der Waals surface area contributed by atoms with Gasteiger partial charge in [-0.15, -0.1) is 13.2 Å². The number of ether oxygens (including phenoxy) is 2. The molecular weight excluding hydrogens is 236 g/mol. The molecule has 0 aliphatic rings. The molecule has 1 aromatic carbocycles. The van der Waals surface area contributed by atoms with Crippen LogP contribution in [0.3, 0.4) is 0 Å². The molecule has 0 aliphatic heterocycles. The minimum atomic E-state index is -0.0104. The minimum absolute atomic E-state index is 0.0104. The van der Waals surface area contributed by atoms with Crippen molar-refractivity contribution in [1.29, 1.82) is 0 Å². The zero-order valence-corrected chi connectivity index (χ0v) is 11.9. The highest BCUT2D eigenvalue weighted by Crippen LogP contribution is 2.21. The highest BCUT2D eigenvalue weighted by Gasteiger charge is 2.23. The van der Waals surface area contributed by atoms with E-state index in [1.165, 1.54) is 5.56 Å². The second-order valence-electron chi connectivity index (χ2n) is 4.70. The lowest BCUT2D eigenvalue weighted by molar-refractivity contribution is 0.00516. The van der Waals surface area contributed by atoms with Crippen LogP contribution in [0.4, 0.5) is 0 Å². The maximum Gasteiger partial charge on any atom is 0.0805 e. The Hall–Kier alpha value is -1.38. The Balaban J connectivity index is 2.53. The van der Waals surface area contributed by atoms with Crippen LogP contribution in [0.5, 0.6) is 0 Å². The molecule has 2 nitrogen and oxygen atoms in total. The molecule has 0 saturated carbocycles. The van der Waals surface area contributed by atoms with Crippen molar-refractivity contribution in [3.8, 4) is 0 Å². The molecule has 2 heteroatoms. The van der Waals surface area contributed by atoms with E-state index in [4.69, 9.17) is 9.47 Å². The van der Waals surface area contributed by atoms with Gasteiger partial charge in [-0.3, -0.25) is 0 Å². The fourth-order valence-corrected chi connectivity index (χ4v) is 2.05. The Bertz CT molecular complexity index is 372. The standard InChI is InChI=1S/C17H24O2/c1-5-14(3)16(17(6-2)18-4)13-19-12-15-10-8-7-9-11-15/h5-11,14,16-17H,1-2,12-13H2,3-4H3/t14-,16+,17-/m1/s1. The fourth-order valence-electron chi connectivity index (χ4n) is 2.05. The van der Waals surface area contributed by atoms with Crippen LogP contribution in [0.1, 0.15) is 12.5 Å². The van der Waals surface area contributed by atoms with E-state index in [9.17, 15) is 0 Å². The van der Waals surface area contributed by atoms with E-state index in [-0.39, 0.29) is 12.0 Å². The first-order chi connectivity index (χ1) is 9.22. The third-order valence-electron chi connectivity index (χ3n) is 3.40. The first-order valence-electron chi connectivity index (χ1n) is 6.62. The Kier molecular flexibility index (Phi) is 7.16. The average Bonchev–Trinajstić information content (AvgIpc) is 2.47. The van der Waals surface area contributed by atoms with E-state index >= 15 is 0 Å². The van der Waals surface area contributed by atoms with Gasteiger partial charge in [0.2, 0.25) is 0 Å². The summed E-state index contributed by atoms with van der Waals surface area (Å²) in [6, 6.07) is 10.2. The molecule has 104 valence electrons. The van der Waals surface area contributed by atoms with Gasteiger partial charge in [-0.25, -0.2) is 0 Å². The lowest BCUT2D eigenvalue weighted by Crippen LogP contribution is -2.30. The van der Waals surface area contributed by atoms with Crippen LogP contribution in [0.25, 0.3) is 0 Å². The van der Waals surface area contributed by atoms with E-state index in [0.717, 1.165) is 0 Å². The average molecular weight is 260 g/mol. The Morgan fingerprint density at radius 3 is 2.37 bits per heavy atom. The molecule has 0 N–H and O–H groups in total. The van der Waals surface area contributed by atoms with Gasteiger partial charge in [-0.05, 0) is 11.5 Å². The minimum Gasteiger partial charge on any atom is -0.377 e. The van der Waals surface area contributed by atoms with E-state index in [0.29, 0.717) is 19.1 Å². The lowest BCUT2D eigenvalue weighted by atomic mass is 9.89. The molecule has 0 fully saturated rings. The topological polar surface area (TPSA) is 18.5 Å². The second-order valence-corrected chi connectivity index (χ2v) is 4.70. The summed E-state index contributed by atoms with van der Waals surface area (Å²) < 4.78 is 11.3. The molecule has 0 amide bonds. The third kappa shape index (κ3) is 5.01. The van der Waals surface area contributed by atoms with E-state index in [2.05, 4.69) is 32.2 Å². The summed E-state index contributed by atoms with van der Waals surface area (Å²) >= 11 is 0. The smallest absolute Gasteiger partial charge is 0.0805 e. The summed E-state index contributed by atoms with van der Waals surface area (Å²) in [5, 5.41) is 0. The molecule has 0 aliphatic carbocycles. The molecule has 0 saturated heterocycles. The molecule has 19 heavy (non-hydrogen) atoms. The Labute approximate surface area is 116 Å². The van der Waals surface area contributed by atoms with Crippen molar-refractivity contribution in [2.75, 3.05) is 13.7 Å². The monoisotopic (exact) mass is 260 g/mol. The van der Waals surface area contributed by atoms with Gasteiger partial charge in [-0.2, -0.15) is 0 Å². The van der Waals surface area contributed by atoms with Gasteiger partial charge in [0.15, 0.2) is 0 Å². The molecular formula is C17H24O2. The van der Waals surface area contributed by atoms with Crippen molar-refractivity contribution in [3.63, 3.8) is 0 Å². The number of hydrogen-bond acceptors (Lipinski definition) is 2. The van der Waals surface area contributed by atoms with Crippen LogP contribution in [0.15, 0.2) is 55.6 Å². The number of methoxy groups -OCH3 is 1. The Morgan fingerprint density at radius 1 is 1.16 bits per heavy atom. The third-order valence-corrected chi connectivity index (χ3v) is 3.40. The van der Waals surface area contributed by atoms with Gasteiger partial charge in [0, 0.05) is 13.0 Å². The van der Waals surface area contributed by atoms with Crippen molar-refractivity contribution < 1.29 is 9.47 Å². The first kappa shape index (κ1) is 15.7. The molecule has 0 bridgehead atoms. The van der Waals surface area contributed by atoms with Crippen molar-refractivity contribution in [1.82, 2.24) is 0 Å². The predicted molar refractivity (Wildman–Crippen MR) is 79.9 cm³/mol. The van der Waals surface area contributed by atoms with Crippen LogP contribution < -0.4 is 0 Å². The summed E-state index contributed by atoms with van der Waals surface area (Å²) in [6.45, 7) is 11.0. The maximum atomic E-state index is 5.81. The largest absolute Gasteiger partial charge is 0.377 e.